The first kappa shape index (κ1) is 18.3. The van der Waals surface area contributed by atoms with Crippen LogP contribution in [0.1, 0.15) is 12.5 Å². The van der Waals surface area contributed by atoms with E-state index in [0.29, 0.717) is 34.6 Å². The summed E-state index contributed by atoms with van der Waals surface area (Å²) in [6.45, 7) is 2.07. The van der Waals surface area contributed by atoms with Gasteiger partial charge in [-0.1, -0.05) is 0 Å². The number of fused-ring (bicyclic) bond motifs is 1. The third-order valence-electron chi connectivity index (χ3n) is 3.79. The largest absolute Gasteiger partial charge is 0.508 e. The molecule has 3 aromatic rings. The number of benzene rings is 2. The maximum atomic E-state index is 12.0. The fourth-order valence-corrected chi connectivity index (χ4v) is 2.56. The highest BCUT2D eigenvalue weighted by molar-refractivity contribution is 5.93. The Bertz CT molecular complexity index is 945. The zero-order valence-electron chi connectivity index (χ0n) is 14.7. The first-order valence-electron chi connectivity index (χ1n) is 8.42. The summed E-state index contributed by atoms with van der Waals surface area (Å²) in [5.74, 6) is -0.193. The zero-order chi connectivity index (χ0) is 19.2. The van der Waals surface area contributed by atoms with Crippen LogP contribution in [0.25, 0.3) is 11.0 Å². The average Bonchev–Trinajstić information content (AvgIpc) is 3.03. The van der Waals surface area contributed by atoms with E-state index in [1.165, 1.54) is 18.4 Å². The number of amides is 1. The molecule has 1 aromatic heterocycles. The fraction of sp³-hybridized carbons (Fsp3) is 0.200. The second-order valence-corrected chi connectivity index (χ2v) is 5.78. The Hall–Kier alpha value is -3.48. The number of hydrogen-bond acceptors (Lipinski definition) is 6. The molecular weight excluding hydrogens is 350 g/mol. The van der Waals surface area contributed by atoms with Crippen LogP contribution in [0.2, 0.25) is 0 Å². The molecule has 0 bridgehead atoms. The van der Waals surface area contributed by atoms with Crippen molar-refractivity contribution in [1.82, 2.24) is 0 Å². The standard InChI is InChI=1S/C20H19NO6/c1-2-25-16-6-3-14(4-7-16)21-19(23)12-27-20(24)9-13-11-26-18-10-15(22)5-8-17(13)18/h3-8,10-11,22H,2,9,12H2,1H3,(H,21,23). The van der Waals surface area contributed by atoms with Crippen molar-refractivity contribution in [3.63, 3.8) is 0 Å². The minimum Gasteiger partial charge on any atom is -0.508 e. The van der Waals surface area contributed by atoms with Gasteiger partial charge in [0.05, 0.1) is 19.3 Å². The molecule has 140 valence electrons. The molecule has 0 saturated heterocycles. The van der Waals surface area contributed by atoms with Crippen LogP contribution in [-0.2, 0) is 20.7 Å². The van der Waals surface area contributed by atoms with Crippen molar-refractivity contribution in [1.29, 1.82) is 0 Å². The van der Waals surface area contributed by atoms with Crippen LogP contribution in [0.15, 0.2) is 53.1 Å². The van der Waals surface area contributed by atoms with E-state index in [4.69, 9.17) is 13.9 Å². The van der Waals surface area contributed by atoms with E-state index in [0.717, 1.165) is 0 Å². The lowest BCUT2D eigenvalue weighted by atomic mass is 10.1. The molecule has 27 heavy (non-hydrogen) atoms. The van der Waals surface area contributed by atoms with E-state index in [-0.39, 0.29) is 18.8 Å². The van der Waals surface area contributed by atoms with Gasteiger partial charge in [0.25, 0.3) is 5.91 Å². The second-order valence-electron chi connectivity index (χ2n) is 5.78. The Labute approximate surface area is 155 Å². The first-order chi connectivity index (χ1) is 13.0. The predicted octanol–water partition coefficient (Wildman–Crippen LogP) is 3.26. The van der Waals surface area contributed by atoms with Crippen molar-refractivity contribution < 1.29 is 28.6 Å². The maximum Gasteiger partial charge on any atom is 0.310 e. The summed E-state index contributed by atoms with van der Waals surface area (Å²) >= 11 is 0. The SMILES string of the molecule is CCOc1ccc(NC(=O)COC(=O)Cc2coc3cc(O)ccc23)cc1. The van der Waals surface area contributed by atoms with E-state index in [9.17, 15) is 14.7 Å². The van der Waals surface area contributed by atoms with Gasteiger partial charge >= 0.3 is 5.97 Å². The molecule has 2 N–H and O–H groups in total. The van der Waals surface area contributed by atoms with Crippen molar-refractivity contribution in [2.75, 3.05) is 18.5 Å². The van der Waals surface area contributed by atoms with Crippen LogP contribution in [-0.4, -0.2) is 30.2 Å². The van der Waals surface area contributed by atoms with Crippen LogP contribution in [0, 0.1) is 0 Å². The zero-order valence-corrected chi connectivity index (χ0v) is 14.7. The van der Waals surface area contributed by atoms with Crippen molar-refractivity contribution in [3.05, 3.63) is 54.3 Å². The highest BCUT2D eigenvalue weighted by Crippen LogP contribution is 2.25. The van der Waals surface area contributed by atoms with Crippen molar-refractivity contribution in [3.8, 4) is 11.5 Å². The van der Waals surface area contributed by atoms with Crippen LogP contribution < -0.4 is 10.1 Å². The Morgan fingerprint density at radius 2 is 1.93 bits per heavy atom. The lowest BCUT2D eigenvalue weighted by molar-refractivity contribution is -0.146. The molecule has 7 heteroatoms. The number of aromatic hydroxyl groups is 1. The lowest BCUT2D eigenvalue weighted by Gasteiger charge is -2.08. The highest BCUT2D eigenvalue weighted by Gasteiger charge is 2.13. The maximum absolute atomic E-state index is 12.0. The van der Waals surface area contributed by atoms with Gasteiger partial charge in [-0.2, -0.15) is 0 Å². The number of furan rings is 1. The number of rotatable bonds is 7. The summed E-state index contributed by atoms with van der Waals surface area (Å²) < 4.78 is 15.7. The number of carbonyl (C=O) groups is 2. The molecule has 0 atom stereocenters. The number of phenols is 1. The van der Waals surface area contributed by atoms with Gasteiger partial charge in [0.1, 0.15) is 17.1 Å². The smallest absolute Gasteiger partial charge is 0.310 e. The van der Waals surface area contributed by atoms with Gasteiger partial charge in [-0.15, -0.1) is 0 Å². The number of hydrogen-bond donors (Lipinski definition) is 2. The molecule has 0 radical (unpaired) electrons. The average molecular weight is 369 g/mol. The number of esters is 1. The topological polar surface area (TPSA) is 98.0 Å². The molecular formula is C20H19NO6. The van der Waals surface area contributed by atoms with E-state index in [2.05, 4.69) is 5.32 Å². The van der Waals surface area contributed by atoms with Gasteiger partial charge in [0.15, 0.2) is 6.61 Å². The molecule has 7 nitrogen and oxygen atoms in total. The molecule has 0 saturated carbocycles. The molecule has 1 amide bonds. The molecule has 2 aromatic carbocycles. The minimum atomic E-state index is -0.549. The monoisotopic (exact) mass is 369 g/mol. The number of nitrogens with one attached hydrogen (secondary N) is 1. The molecule has 1 heterocycles. The Morgan fingerprint density at radius 3 is 2.67 bits per heavy atom. The summed E-state index contributed by atoms with van der Waals surface area (Å²) in [5.41, 5.74) is 1.69. The summed E-state index contributed by atoms with van der Waals surface area (Å²) in [4.78, 5) is 23.9. The third-order valence-corrected chi connectivity index (χ3v) is 3.79. The Balaban J connectivity index is 1.50. The Morgan fingerprint density at radius 1 is 1.15 bits per heavy atom. The number of ether oxygens (including phenoxy) is 2. The van der Waals surface area contributed by atoms with Crippen molar-refractivity contribution >= 4 is 28.5 Å². The van der Waals surface area contributed by atoms with Crippen LogP contribution in [0.3, 0.4) is 0 Å². The van der Waals surface area contributed by atoms with Crippen LogP contribution in [0.4, 0.5) is 5.69 Å². The highest BCUT2D eigenvalue weighted by atomic mass is 16.5. The van der Waals surface area contributed by atoms with Gasteiger partial charge in [-0.25, -0.2) is 0 Å². The number of anilines is 1. The first-order valence-corrected chi connectivity index (χ1v) is 8.42. The molecule has 0 aliphatic rings. The molecule has 0 unspecified atom stereocenters. The fourth-order valence-electron chi connectivity index (χ4n) is 2.56. The third kappa shape index (κ3) is 4.78. The summed E-state index contributed by atoms with van der Waals surface area (Å²) in [5, 5.41) is 12.8. The quantitative estimate of drug-likeness (QED) is 0.621. The van der Waals surface area contributed by atoms with Crippen molar-refractivity contribution in [2.45, 2.75) is 13.3 Å². The minimum absolute atomic E-state index is 0.0336. The Kier molecular flexibility index (Phi) is 5.61. The van der Waals surface area contributed by atoms with Gasteiger partial charge in [-0.05, 0) is 43.3 Å². The summed E-state index contributed by atoms with van der Waals surface area (Å²) in [6, 6.07) is 11.5. The van der Waals surface area contributed by atoms with Gasteiger partial charge in [-0.3, -0.25) is 9.59 Å². The van der Waals surface area contributed by atoms with E-state index >= 15 is 0 Å². The van der Waals surface area contributed by atoms with E-state index in [1.54, 1.807) is 30.3 Å². The second kappa shape index (κ2) is 8.27. The lowest BCUT2D eigenvalue weighted by Crippen LogP contribution is -2.21. The van der Waals surface area contributed by atoms with E-state index < -0.39 is 11.9 Å². The molecule has 0 aliphatic heterocycles. The summed E-state index contributed by atoms with van der Waals surface area (Å²) in [7, 11) is 0. The molecule has 0 aliphatic carbocycles. The molecule has 0 spiro atoms. The number of phenolic OH excluding ortho intramolecular Hbond substituents is 1. The predicted molar refractivity (Wildman–Crippen MR) is 98.8 cm³/mol. The number of carbonyl (C=O) groups excluding carboxylic acids is 2. The van der Waals surface area contributed by atoms with Gasteiger partial charge < -0.3 is 24.3 Å². The van der Waals surface area contributed by atoms with Gasteiger partial charge in [0.2, 0.25) is 0 Å². The van der Waals surface area contributed by atoms with Crippen molar-refractivity contribution in [2.24, 2.45) is 0 Å². The summed E-state index contributed by atoms with van der Waals surface area (Å²) in [6.07, 6.45) is 1.40. The molecule has 0 fully saturated rings. The normalized spacial score (nSPS) is 10.6. The van der Waals surface area contributed by atoms with Crippen LogP contribution >= 0.6 is 0 Å². The van der Waals surface area contributed by atoms with Gasteiger partial charge in [0, 0.05) is 22.7 Å². The molecule has 3 rings (SSSR count). The van der Waals surface area contributed by atoms with Crippen LogP contribution in [0.5, 0.6) is 11.5 Å². The van der Waals surface area contributed by atoms with E-state index in [1.807, 2.05) is 6.92 Å².